The van der Waals surface area contributed by atoms with Crippen molar-refractivity contribution in [3.63, 3.8) is 0 Å². The number of nitrogens with two attached hydrogens (primary N) is 2. The van der Waals surface area contributed by atoms with E-state index in [2.05, 4.69) is 9.88 Å². The summed E-state index contributed by atoms with van der Waals surface area (Å²) in [7, 11) is 0. The quantitative estimate of drug-likeness (QED) is 0.789. The third-order valence-electron chi connectivity index (χ3n) is 3.77. The predicted molar refractivity (Wildman–Crippen MR) is 75.7 cm³/mol. The van der Waals surface area contributed by atoms with Crippen LogP contribution < -0.4 is 16.4 Å². The SMILES string of the molecule is NC(=O)C1CCN(c2ccc3cnccc3c2N)C1. The maximum absolute atomic E-state index is 11.2. The summed E-state index contributed by atoms with van der Waals surface area (Å²) >= 11 is 0. The van der Waals surface area contributed by atoms with Gasteiger partial charge in [-0.2, -0.15) is 0 Å². The Kier molecular flexibility index (Phi) is 2.74. The molecule has 1 aromatic heterocycles. The summed E-state index contributed by atoms with van der Waals surface area (Å²) in [5.74, 6) is -0.307. The van der Waals surface area contributed by atoms with Crippen LogP contribution in [0.3, 0.4) is 0 Å². The lowest BCUT2D eigenvalue weighted by Gasteiger charge is -2.21. The van der Waals surface area contributed by atoms with E-state index < -0.39 is 0 Å². The molecule has 1 aromatic carbocycles. The third-order valence-corrected chi connectivity index (χ3v) is 3.77. The van der Waals surface area contributed by atoms with Crippen molar-refractivity contribution in [2.75, 3.05) is 23.7 Å². The number of carbonyl (C=O) groups is 1. The van der Waals surface area contributed by atoms with Crippen LogP contribution in [0.4, 0.5) is 11.4 Å². The Balaban J connectivity index is 1.98. The number of aromatic nitrogens is 1. The minimum absolute atomic E-state index is 0.0764. The van der Waals surface area contributed by atoms with Crippen LogP contribution in [0.1, 0.15) is 6.42 Å². The van der Waals surface area contributed by atoms with Gasteiger partial charge in [-0.25, -0.2) is 0 Å². The third kappa shape index (κ3) is 1.97. The Hall–Kier alpha value is -2.30. The second kappa shape index (κ2) is 4.42. The fraction of sp³-hybridized carbons (Fsp3) is 0.286. The minimum atomic E-state index is -0.230. The van der Waals surface area contributed by atoms with Gasteiger partial charge < -0.3 is 16.4 Å². The Bertz CT molecular complexity index is 640. The van der Waals surface area contributed by atoms with E-state index in [1.54, 1.807) is 12.4 Å². The molecule has 1 aliphatic rings. The molecule has 1 amide bonds. The number of hydrogen-bond donors (Lipinski definition) is 2. The fourth-order valence-corrected chi connectivity index (χ4v) is 2.67. The number of pyridine rings is 1. The van der Waals surface area contributed by atoms with Gasteiger partial charge in [0, 0.05) is 36.3 Å². The Morgan fingerprint density at radius 1 is 1.37 bits per heavy atom. The summed E-state index contributed by atoms with van der Waals surface area (Å²) in [6.07, 6.45) is 4.33. The van der Waals surface area contributed by atoms with Crippen LogP contribution in [0.15, 0.2) is 30.6 Å². The summed E-state index contributed by atoms with van der Waals surface area (Å²) in [5.41, 5.74) is 13.3. The van der Waals surface area contributed by atoms with E-state index >= 15 is 0 Å². The van der Waals surface area contributed by atoms with Crippen LogP contribution in [0.5, 0.6) is 0 Å². The van der Waals surface area contributed by atoms with Gasteiger partial charge in [-0.3, -0.25) is 9.78 Å². The molecular formula is C14H16N4O. The summed E-state index contributed by atoms with van der Waals surface area (Å²) < 4.78 is 0. The number of rotatable bonds is 2. The molecule has 5 heteroatoms. The topological polar surface area (TPSA) is 85.2 Å². The number of amides is 1. The summed E-state index contributed by atoms with van der Waals surface area (Å²) in [5, 5.41) is 2.02. The first-order valence-corrected chi connectivity index (χ1v) is 6.33. The van der Waals surface area contributed by atoms with E-state index in [1.807, 2.05) is 18.2 Å². The molecular weight excluding hydrogens is 240 g/mol. The van der Waals surface area contributed by atoms with E-state index in [0.717, 1.165) is 35.1 Å². The standard InChI is InChI=1S/C14H16N4O/c15-13-11-3-5-17-7-9(11)1-2-12(13)18-6-4-10(8-18)14(16)19/h1-3,5,7,10H,4,6,8,15H2,(H2,16,19). The van der Waals surface area contributed by atoms with Crippen LogP contribution in [0, 0.1) is 5.92 Å². The molecule has 3 rings (SSSR count). The van der Waals surface area contributed by atoms with Gasteiger partial charge in [-0.1, -0.05) is 6.07 Å². The maximum Gasteiger partial charge on any atom is 0.222 e. The van der Waals surface area contributed by atoms with E-state index in [-0.39, 0.29) is 11.8 Å². The number of nitrogen functional groups attached to an aromatic ring is 1. The van der Waals surface area contributed by atoms with Gasteiger partial charge in [0.05, 0.1) is 17.3 Å². The van der Waals surface area contributed by atoms with Crippen molar-refractivity contribution in [3.8, 4) is 0 Å². The van der Waals surface area contributed by atoms with Crippen LogP contribution in [-0.2, 0) is 4.79 Å². The molecule has 1 saturated heterocycles. The zero-order valence-corrected chi connectivity index (χ0v) is 10.5. The molecule has 0 bridgehead atoms. The number of anilines is 2. The highest BCUT2D eigenvalue weighted by atomic mass is 16.1. The first kappa shape index (κ1) is 11.8. The fourth-order valence-electron chi connectivity index (χ4n) is 2.67. The van der Waals surface area contributed by atoms with Gasteiger partial charge in [-0.05, 0) is 18.6 Å². The molecule has 5 nitrogen and oxygen atoms in total. The molecule has 19 heavy (non-hydrogen) atoms. The van der Waals surface area contributed by atoms with Crippen molar-refractivity contribution < 1.29 is 4.79 Å². The Morgan fingerprint density at radius 3 is 2.95 bits per heavy atom. The van der Waals surface area contributed by atoms with Crippen molar-refractivity contribution in [2.45, 2.75) is 6.42 Å². The van der Waals surface area contributed by atoms with Crippen molar-refractivity contribution in [1.82, 2.24) is 4.98 Å². The van der Waals surface area contributed by atoms with Gasteiger partial charge in [0.25, 0.3) is 0 Å². The van der Waals surface area contributed by atoms with Crippen molar-refractivity contribution in [3.05, 3.63) is 30.6 Å². The van der Waals surface area contributed by atoms with Crippen molar-refractivity contribution in [1.29, 1.82) is 0 Å². The second-order valence-corrected chi connectivity index (χ2v) is 4.93. The lowest BCUT2D eigenvalue weighted by molar-refractivity contribution is -0.121. The smallest absolute Gasteiger partial charge is 0.222 e. The van der Waals surface area contributed by atoms with E-state index in [9.17, 15) is 4.79 Å². The average molecular weight is 256 g/mol. The zero-order valence-electron chi connectivity index (χ0n) is 10.5. The highest BCUT2D eigenvalue weighted by Gasteiger charge is 2.27. The second-order valence-electron chi connectivity index (χ2n) is 4.93. The highest BCUT2D eigenvalue weighted by molar-refractivity contribution is 5.98. The van der Waals surface area contributed by atoms with Crippen molar-refractivity contribution in [2.24, 2.45) is 11.7 Å². The molecule has 0 spiro atoms. The summed E-state index contributed by atoms with van der Waals surface area (Å²) in [6, 6.07) is 5.91. The first-order valence-electron chi connectivity index (χ1n) is 6.33. The average Bonchev–Trinajstić information content (AvgIpc) is 2.89. The monoisotopic (exact) mass is 256 g/mol. The molecule has 0 aliphatic carbocycles. The number of benzene rings is 1. The number of fused-ring (bicyclic) bond motifs is 1. The van der Waals surface area contributed by atoms with E-state index in [1.165, 1.54) is 0 Å². The minimum Gasteiger partial charge on any atom is -0.397 e. The molecule has 4 N–H and O–H groups in total. The zero-order chi connectivity index (χ0) is 13.4. The van der Waals surface area contributed by atoms with Gasteiger partial charge in [0.1, 0.15) is 0 Å². The summed E-state index contributed by atoms with van der Waals surface area (Å²) in [4.78, 5) is 17.4. The van der Waals surface area contributed by atoms with Crippen LogP contribution >= 0.6 is 0 Å². The lowest BCUT2D eigenvalue weighted by Crippen LogP contribution is -2.27. The number of hydrogen-bond acceptors (Lipinski definition) is 4. The van der Waals surface area contributed by atoms with Crippen LogP contribution in [0.25, 0.3) is 10.8 Å². The Labute approximate surface area is 111 Å². The Morgan fingerprint density at radius 2 is 2.21 bits per heavy atom. The van der Waals surface area contributed by atoms with Crippen LogP contribution in [-0.4, -0.2) is 24.0 Å². The molecule has 0 radical (unpaired) electrons. The van der Waals surface area contributed by atoms with E-state index in [4.69, 9.17) is 11.5 Å². The normalized spacial score (nSPS) is 18.9. The lowest BCUT2D eigenvalue weighted by atomic mass is 10.1. The first-order chi connectivity index (χ1) is 9.16. The molecule has 2 aromatic rings. The number of carbonyl (C=O) groups excluding carboxylic acids is 1. The summed E-state index contributed by atoms with van der Waals surface area (Å²) in [6.45, 7) is 1.46. The highest BCUT2D eigenvalue weighted by Crippen LogP contribution is 2.33. The van der Waals surface area contributed by atoms with E-state index in [0.29, 0.717) is 6.54 Å². The molecule has 2 heterocycles. The van der Waals surface area contributed by atoms with Gasteiger partial charge in [0.2, 0.25) is 5.91 Å². The predicted octanol–water partition coefficient (Wildman–Crippen LogP) is 1.13. The molecule has 1 unspecified atom stereocenters. The number of primary amides is 1. The molecule has 1 aliphatic heterocycles. The number of nitrogens with zero attached hydrogens (tertiary/aromatic N) is 2. The van der Waals surface area contributed by atoms with Crippen LogP contribution in [0.2, 0.25) is 0 Å². The molecule has 98 valence electrons. The largest absolute Gasteiger partial charge is 0.397 e. The molecule has 1 fully saturated rings. The van der Waals surface area contributed by atoms with Gasteiger partial charge >= 0.3 is 0 Å². The van der Waals surface area contributed by atoms with Crippen molar-refractivity contribution >= 4 is 28.1 Å². The van der Waals surface area contributed by atoms with Gasteiger partial charge in [-0.15, -0.1) is 0 Å². The maximum atomic E-state index is 11.2. The molecule has 1 atom stereocenters. The molecule has 0 saturated carbocycles. The van der Waals surface area contributed by atoms with Gasteiger partial charge in [0.15, 0.2) is 0 Å².